The summed E-state index contributed by atoms with van der Waals surface area (Å²) in [5, 5.41) is 8.66. The number of ether oxygens (including phenoxy) is 1. The van der Waals surface area contributed by atoms with Crippen LogP contribution in [0.25, 0.3) is 0 Å². The maximum atomic E-state index is 12.9. The summed E-state index contributed by atoms with van der Waals surface area (Å²) in [6.07, 6.45) is 0. The quantitative estimate of drug-likeness (QED) is 0.401. The summed E-state index contributed by atoms with van der Waals surface area (Å²) in [5.74, 6) is -3.42. The average molecular weight is 432 g/mol. The van der Waals surface area contributed by atoms with Gasteiger partial charge in [-0.25, -0.2) is 9.59 Å². The summed E-state index contributed by atoms with van der Waals surface area (Å²) in [6.45, 7) is 5.74. The maximum Gasteiger partial charge on any atom is 0.352 e. The predicted octanol–water partition coefficient (Wildman–Crippen LogP) is 0.797. The van der Waals surface area contributed by atoms with Crippen molar-refractivity contribution < 1.29 is 33.2 Å². The number of benzene rings is 1. The lowest BCUT2D eigenvalue weighted by Crippen LogP contribution is -2.74. The number of hydrogen-bond acceptors (Lipinski definition) is 6. The number of aliphatic carboxylic acids is 1. The number of rotatable bonds is 6. The number of β-lactam (4-membered cyclic amide) rings is 1. The first-order chi connectivity index (χ1) is 14.1. The number of carbonyl (C=O) groups is 4. The van der Waals surface area contributed by atoms with Crippen LogP contribution >= 0.6 is 0 Å². The molecule has 0 aliphatic carbocycles. The molecular weight excluding hydrogens is 412 g/mol. The van der Waals surface area contributed by atoms with E-state index in [1.165, 1.54) is 18.7 Å². The molecule has 9 nitrogen and oxygen atoms in total. The molecule has 2 aliphatic heterocycles. The minimum Gasteiger partial charge on any atom is -0.477 e. The van der Waals surface area contributed by atoms with Gasteiger partial charge in [0.05, 0.1) is 16.6 Å². The van der Waals surface area contributed by atoms with E-state index in [1.54, 1.807) is 30.3 Å². The van der Waals surface area contributed by atoms with Crippen LogP contribution in [0, 0.1) is 0 Å². The topological polar surface area (TPSA) is 121 Å². The van der Waals surface area contributed by atoms with E-state index in [2.05, 4.69) is 6.58 Å². The molecule has 158 valence electrons. The summed E-state index contributed by atoms with van der Waals surface area (Å²) in [6, 6.07) is 7.33. The molecule has 0 radical (unpaired) electrons. The zero-order chi connectivity index (χ0) is 22.2. The molecule has 1 unspecified atom stereocenters. The molecule has 1 aromatic carbocycles. The second-order valence-electron chi connectivity index (χ2n) is 6.91. The average Bonchev–Trinajstić information content (AvgIpc) is 2.69. The molecule has 10 heteroatoms. The van der Waals surface area contributed by atoms with Crippen molar-refractivity contribution in [2.75, 3.05) is 17.3 Å². The molecule has 1 fully saturated rings. The second kappa shape index (κ2) is 8.23. The van der Waals surface area contributed by atoms with E-state index in [4.69, 9.17) is 4.74 Å². The third-order valence-corrected chi connectivity index (χ3v) is 6.40. The van der Waals surface area contributed by atoms with Gasteiger partial charge in [0.2, 0.25) is 5.91 Å². The Kier molecular flexibility index (Phi) is 5.88. The molecule has 1 aromatic rings. The van der Waals surface area contributed by atoms with E-state index >= 15 is 0 Å². The number of carboxylic acids is 1. The molecule has 2 heterocycles. The van der Waals surface area contributed by atoms with E-state index < -0.39 is 52.6 Å². The summed E-state index contributed by atoms with van der Waals surface area (Å²) in [5.41, 5.74) is 0.267. The van der Waals surface area contributed by atoms with E-state index in [1.807, 2.05) is 0 Å². The van der Waals surface area contributed by atoms with Crippen molar-refractivity contribution in [1.82, 2.24) is 4.90 Å². The Bertz CT molecular complexity index is 1000. The monoisotopic (exact) mass is 432 g/mol. The molecule has 1 saturated heterocycles. The lowest BCUT2D eigenvalue weighted by molar-refractivity contribution is -0.149. The van der Waals surface area contributed by atoms with Gasteiger partial charge in [-0.3, -0.25) is 23.6 Å². The van der Waals surface area contributed by atoms with Gasteiger partial charge in [0.15, 0.2) is 0 Å². The second-order valence-corrected chi connectivity index (χ2v) is 8.44. The van der Waals surface area contributed by atoms with Gasteiger partial charge in [0.1, 0.15) is 23.7 Å². The molecule has 0 bridgehead atoms. The van der Waals surface area contributed by atoms with Gasteiger partial charge >= 0.3 is 11.9 Å². The molecular formula is C20H20N2O7S. The zero-order valence-electron chi connectivity index (χ0n) is 16.4. The minimum absolute atomic E-state index is 0.0626. The number of esters is 1. The number of hydrogen-bond donors (Lipinski definition) is 1. The summed E-state index contributed by atoms with van der Waals surface area (Å²) in [7, 11) is -1.71. The molecule has 30 heavy (non-hydrogen) atoms. The number of para-hydroxylation sites is 1. The first-order valence-electron chi connectivity index (χ1n) is 8.98. The van der Waals surface area contributed by atoms with Crippen LogP contribution < -0.4 is 4.90 Å². The van der Waals surface area contributed by atoms with Crippen molar-refractivity contribution >= 4 is 40.2 Å². The van der Waals surface area contributed by atoms with Gasteiger partial charge in [-0.2, -0.15) is 0 Å². The van der Waals surface area contributed by atoms with Crippen LogP contribution in [0.5, 0.6) is 0 Å². The SMILES string of the molecule is C=C(C)C(=O)OCC1=C(C(=O)O)N2C(=O)[C@@H](N(C(C)=O)c3ccccc3)[C@H]2S(=O)C1. The van der Waals surface area contributed by atoms with Gasteiger partial charge in [-0.05, 0) is 19.1 Å². The number of amides is 2. The van der Waals surface area contributed by atoms with Gasteiger partial charge in [0.25, 0.3) is 5.91 Å². The predicted molar refractivity (Wildman–Crippen MR) is 107 cm³/mol. The Morgan fingerprint density at radius 1 is 1.27 bits per heavy atom. The van der Waals surface area contributed by atoms with Crippen LogP contribution in [0.3, 0.4) is 0 Å². The van der Waals surface area contributed by atoms with E-state index in [0.29, 0.717) is 5.69 Å². The summed E-state index contributed by atoms with van der Waals surface area (Å²) in [4.78, 5) is 50.9. The van der Waals surface area contributed by atoms with Crippen molar-refractivity contribution in [3.63, 3.8) is 0 Å². The van der Waals surface area contributed by atoms with Crippen molar-refractivity contribution in [3.8, 4) is 0 Å². The Labute approximate surface area is 175 Å². The number of carbonyl (C=O) groups excluding carboxylic acids is 3. The molecule has 0 aromatic heterocycles. The van der Waals surface area contributed by atoms with Gasteiger partial charge in [-0.15, -0.1) is 0 Å². The molecule has 3 atom stereocenters. The number of nitrogens with zero attached hydrogens (tertiary/aromatic N) is 2. The standard InChI is InChI=1S/C20H20N2O7S/c1-11(2)20(27)29-9-13-10-30(28)18-16(17(24)22(18)15(13)19(25)26)21(12(3)23)14-7-5-4-6-8-14/h4-8,16,18H,1,9-10H2,2-3H3,(H,25,26)/t16-,18-,30?/m1/s1. The van der Waals surface area contributed by atoms with Crippen LogP contribution in [-0.4, -0.2) is 61.7 Å². The largest absolute Gasteiger partial charge is 0.477 e. The number of carboxylic acid groups (broad SMARTS) is 1. The van der Waals surface area contributed by atoms with Gasteiger partial charge in [-0.1, -0.05) is 24.8 Å². The first kappa shape index (κ1) is 21.4. The van der Waals surface area contributed by atoms with Crippen LogP contribution in [0.2, 0.25) is 0 Å². The fraction of sp³-hybridized carbons (Fsp3) is 0.300. The Hall–Kier alpha value is -3.27. The van der Waals surface area contributed by atoms with Crippen molar-refractivity contribution in [3.05, 3.63) is 53.8 Å². The minimum atomic E-state index is -1.71. The van der Waals surface area contributed by atoms with Crippen molar-refractivity contribution in [2.24, 2.45) is 0 Å². The fourth-order valence-electron chi connectivity index (χ4n) is 3.45. The van der Waals surface area contributed by atoms with Crippen LogP contribution in [0.15, 0.2) is 53.8 Å². The highest BCUT2D eigenvalue weighted by Gasteiger charge is 2.59. The molecule has 1 N–H and O–H groups in total. The van der Waals surface area contributed by atoms with Crippen LogP contribution in [-0.2, 0) is 34.7 Å². The normalized spacial score (nSPS) is 22.7. The fourth-order valence-corrected chi connectivity index (χ4v) is 5.15. The van der Waals surface area contributed by atoms with Crippen molar-refractivity contribution in [2.45, 2.75) is 25.3 Å². The van der Waals surface area contributed by atoms with E-state index in [-0.39, 0.29) is 22.6 Å². The molecule has 0 spiro atoms. The smallest absolute Gasteiger partial charge is 0.352 e. The summed E-state index contributed by atoms with van der Waals surface area (Å²) < 4.78 is 17.9. The van der Waals surface area contributed by atoms with Crippen molar-refractivity contribution in [1.29, 1.82) is 0 Å². The lowest BCUT2D eigenvalue weighted by Gasteiger charge is -2.52. The van der Waals surface area contributed by atoms with Crippen LogP contribution in [0.4, 0.5) is 5.69 Å². The highest BCUT2D eigenvalue weighted by atomic mass is 32.2. The first-order valence-corrected chi connectivity index (χ1v) is 10.4. The number of anilines is 1. The number of fused-ring (bicyclic) bond motifs is 1. The lowest BCUT2D eigenvalue weighted by atomic mass is 10.0. The van der Waals surface area contributed by atoms with Gasteiger partial charge < -0.3 is 9.84 Å². The molecule has 2 amide bonds. The molecule has 0 saturated carbocycles. The Balaban J connectivity index is 1.95. The highest BCUT2D eigenvalue weighted by Crippen LogP contribution is 2.39. The zero-order valence-corrected chi connectivity index (χ0v) is 17.2. The third-order valence-electron chi connectivity index (χ3n) is 4.76. The summed E-state index contributed by atoms with van der Waals surface area (Å²) >= 11 is 0. The molecule has 2 aliphatic rings. The Morgan fingerprint density at radius 2 is 1.90 bits per heavy atom. The molecule has 3 rings (SSSR count). The maximum absolute atomic E-state index is 12.9. The van der Waals surface area contributed by atoms with E-state index in [9.17, 15) is 28.5 Å². The Morgan fingerprint density at radius 3 is 2.43 bits per heavy atom. The third kappa shape index (κ3) is 3.65. The van der Waals surface area contributed by atoms with Gasteiger partial charge in [0, 0.05) is 23.8 Å². The van der Waals surface area contributed by atoms with E-state index in [0.717, 1.165) is 4.90 Å². The van der Waals surface area contributed by atoms with Crippen LogP contribution in [0.1, 0.15) is 13.8 Å². The highest BCUT2D eigenvalue weighted by molar-refractivity contribution is 7.86.